The molecule has 0 atom stereocenters. The number of fused-ring (bicyclic) bond motifs is 2. The first-order chi connectivity index (χ1) is 15.1. The van der Waals surface area contributed by atoms with Gasteiger partial charge in [0.25, 0.3) is 5.91 Å². The fraction of sp³-hybridized carbons (Fsp3) is 0.0455. The number of benzene rings is 3. The Morgan fingerprint density at radius 2 is 1.90 bits per heavy atom. The molecule has 0 radical (unpaired) electrons. The molecule has 0 spiro atoms. The minimum Gasteiger partial charge on any atom is -0.507 e. The number of carbonyl (C=O) groups excluding carboxylic acids is 1. The van der Waals surface area contributed by atoms with Gasteiger partial charge in [0.1, 0.15) is 10.8 Å². The number of aromatic hydroxyl groups is 1. The molecule has 0 bridgehead atoms. The highest BCUT2D eigenvalue weighted by atomic mass is 32.1. The van der Waals surface area contributed by atoms with Crippen molar-refractivity contribution in [3.63, 3.8) is 0 Å². The number of thiazole rings is 1. The van der Waals surface area contributed by atoms with Gasteiger partial charge in [0.15, 0.2) is 16.6 Å². The van der Waals surface area contributed by atoms with Crippen molar-refractivity contribution < 1.29 is 19.4 Å². The number of phenolic OH excluding ortho intramolecular Hbond substituents is 1. The third-order valence-electron chi connectivity index (χ3n) is 4.64. The van der Waals surface area contributed by atoms with E-state index in [0.717, 1.165) is 10.2 Å². The Balaban J connectivity index is 1.32. The Bertz CT molecular complexity index is 1300. The van der Waals surface area contributed by atoms with E-state index in [0.29, 0.717) is 33.3 Å². The minimum atomic E-state index is -0.374. The first kappa shape index (κ1) is 19.3. The van der Waals surface area contributed by atoms with Crippen molar-refractivity contribution in [3.8, 4) is 27.8 Å². The molecule has 154 valence electrons. The van der Waals surface area contributed by atoms with Gasteiger partial charge in [0.2, 0.25) is 6.79 Å². The van der Waals surface area contributed by atoms with E-state index in [-0.39, 0.29) is 23.6 Å². The Hall–Kier alpha value is -3.69. The third-order valence-corrected chi connectivity index (χ3v) is 5.91. The first-order valence-corrected chi connectivity index (χ1v) is 10.5. The highest BCUT2D eigenvalue weighted by molar-refractivity contribution is 7.80. The fourth-order valence-corrected chi connectivity index (χ4v) is 4.35. The number of rotatable bonds is 3. The maximum atomic E-state index is 12.5. The Labute approximate surface area is 186 Å². The van der Waals surface area contributed by atoms with Crippen LogP contribution in [-0.4, -0.2) is 27.9 Å². The average Bonchev–Trinajstić information content (AvgIpc) is 3.41. The number of thiocarbonyl (C=S) groups is 1. The molecule has 1 aliphatic heterocycles. The van der Waals surface area contributed by atoms with Gasteiger partial charge in [-0.1, -0.05) is 12.1 Å². The summed E-state index contributed by atoms with van der Waals surface area (Å²) in [7, 11) is 0. The summed E-state index contributed by atoms with van der Waals surface area (Å²) in [6.07, 6.45) is 0. The molecule has 3 N–H and O–H groups in total. The number of phenols is 1. The van der Waals surface area contributed by atoms with Crippen LogP contribution in [0.3, 0.4) is 0 Å². The molecule has 0 saturated heterocycles. The van der Waals surface area contributed by atoms with Gasteiger partial charge in [-0.15, -0.1) is 11.3 Å². The van der Waals surface area contributed by atoms with Gasteiger partial charge in [-0.25, -0.2) is 4.98 Å². The number of ether oxygens (including phenoxy) is 2. The molecule has 2 heterocycles. The van der Waals surface area contributed by atoms with Gasteiger partial charge in [0, 0.05) is 11.3 Å². The number of anilines is 1. The van der Waals surface area contributed by atoms with Crippen LogP contribution in [-0.2, 0) is 0 Å². The van der Waals surface area contributed by atoms with E-state index in [9.17, 15) is 9.90 Å². The molecule has 1 amide bonds. The summed E-state index contributed by atoms with van der Waals surface area (Å²) >= 11 is 6.77. The van der Waals surface area contributed by atoms with Crippen LogP contribution in [0.25, 0.3) is 20.8 Å². The molecule has 0 fully saturated rings. The average molecular weight is 450 g/mol. The van der Waals surface area contributed by atoms with Crippen molar-refractivity contribution in [2.24, 2.45) is 0 Å². The maximum Gasteiger partial charge on any atom is 0.257 e. The van der Waals surface area contributed by atoms with Gasteiger partial charge >= 0.3 is 0 Å². The van der Waals surface area contributed by atoms with Crippen molar-refractivity contribution in [2.45, 2.75) is 0 Å². The molecule has 3 aromatic carbocycles. The summed E-state index contributed by atoms with van der Waals surface area (Å²) in [4.78, 5) is 17.1. The number of hydrogen-bond donors (Lipinski definition) is 3. The molecule has 1 aromatic heterocycles. The molecule has 5 rings (SSSR count). The van der Waals surface area contributed by atoms with Gasteiger partial charge < -0.3 is 19.9 Å². The van der Waals surface area contributed by atoms with Crippen LogP contribution >= 0.6 is 23.6 Å². The molecule has 1 aliphatic rings. The zero-order valence-electron chi connectivity index (χ0n) is 15.9. The standard InChI is InChI=1S/C22H15N3O4S2/c26-16-7-6-13(10-14(16)21-24-15-3-1-2-4-19(15)31-21)23-22(30)25-20(27)12-5-8-17-18(9-12)29-11-28-17/h1-10,26H,11H2,(H2,23,25,27,30). The maximum absolute atomic E-state index is 12.5. The van der Waals surface area contributed by atoms with Crippen molar-refractivity contribution >= 4 is 50.5 Å². The number of amides is 1. The normalized spacial score (nSPS) is 12.0. The summed E-state index contributed by atoms with van der Waals surface area (Å²) in [6, 6.07) is 17.7. The zero-order chi connectivity index (χ0) is 21.4. The fourth-order valence-electron chi connectivity index (χ4n) is 3.15. The molecular formula is C22H15N3O4S2. The van der Waals surface area contributed by atoms with Gasteiger partial charge in [-0.05, 0) is 60.7 Å². The number of aromatic nitrogens is 1. The van der Waals surface area contributed by atoms with Crippen LogP contribution in [0.5, 0.6) is 17.2 Å². The van der Waals surface area contributed by atoms with Crippen molar-refractivity contribution in [3.05, 3.63) is 66.2 Å². The van der Waals surface area contributed by atoms with Crippen LogP contribution < -0.4 is 20.1 Å². The van der Waals surface area contributed by atoms with E-state index in [1.807, 2.05) is 24.3 Å². The van der Waals surface area contributed by atoms with Gasteiger partial charge in [-0.2, -0.15) is 0 Å². The minimum absolute atomic E-state index is 0.111. The molecule has 4 aromatic rings. The molecule has 0 aliphatic carbocycles. The lowest BCUT2D eigenvalue weighted by Crippen LogP contribution is -2.34. The predicted molar refractivity (Wildman–Crippen MR) is 123 cm³/mol. The summed E-state index contributed by atoms with van der Waals surface area (Å²) in [5, 5.41) is 16.8. The second kappa shape index (κ2) is 7.86. The van der Waals surface area contributed by atoms with E-state index >= 15 is 0 Å². The lowest BCUT2D eigenvalue weighted by Gasteiger charge is -2.11. The van der Waals surface area contributed by atoms with Gasteiger partial charge in [0.05, 0.1) is 15.8 Å². The topological polar surface area (TPSA) is 92.7 Å². The SMILES string of the molecule is O=C(NC(=S)Nc1ccc(O)c(-c2nc3ccccc3s2)c1)c1ccc2c(c1)OCO2. The summed E-state index contributed by atoms with van der Waals surface area (Å²) in [5.74, 6) is 0.857. The molecule has 7 nitrogen and oxygen atoms in total. The van der Waals surface area contributed by atoms with E-state index in [4.69, 9.17) is 21.7 Å². The van der Waals surface area contributed by atoms with E-state index < -0.39 is 0 Å². The van der Waals surface area contributed by atoms with Crippen molar-refractivity contribution in [1.29, 1.82) is 0 Å². The number of nitrogens with one attached hydrogen (secondary N) is 2. The quantitative estimate of drug-likeness (QED) is 0.313. The van der Waals surface area contributed by atoms with Gasteiger partial charge in [-0.3, -0.25) is 10.1 Å². The molecule has 0 saturated carbocycles. The monoisotopic (exact) mass is 449 g/mol. The second-order valence-corrected chi connectivity index (χ2v) is 8.13. The van der Waals surface area contributed by atoms with E-state index in [1.165, 1.54) is 11.3 Å². The smallest absolute Gasteiger partial charge is 0.257 e. The molecule has 9 heteroatoms. The highest BCUT2D eigenvalue weighted by Gasteiger charge is 2.17. The van der Waals surface area contributed by atoms with Crippen LogP contribution in [0.2, 0.25) is 0 Å². The molecule has 31 heavy (non-hydrogen) atoms. The van der Waals surface area contributed by atoms with Crippen LogP contribution in [0.1, 0.15) is 10.4 Å². The van der Waals surface area contributed by atoms with Crippen LogP contribution in [0, 0.1) is 0 Å². The van der Waals surface area contributed by atoms with Crippen LogP contribution in [0.15, 0.2) is 60.7 Å². The summed E-state index contributed by atoms with van der Waals surface area (Å²) in [5.41, 5.74) is 2.46. The largest absolute Gasteiger partial charge is 0.507 e. The summed E-state index contributed by atoms with van der Waals surface area (Å²) < 4.78 is 11.6. The number of carbonyl (C=O) groups is 1. The first-order valence-electron chi connectivity index (χ1n) is 9.28. The lowest BCUT2D eigenvalue weighted by molar-refractivity contribution is 0.0977. The van der Waals surface area contributed by atoms with Crippen molar-refractivity contribution in [1.82, 2.24) is 10.3 Å². The lowest BCUT2D eigenvalue weighted by atomic mass is 10.2. The summed E-state index contributed by atoms with van der Waals surface area (Å²) in [6.45, 7) is 0.137. The molecular weight excluding hydrogens is 434 g/mol. The highest BCUT2D eigenvalue weighted by Crippen LogP contribution is 2.37. The number of para-hydroxylation sites is 1. The second-order valence-electron chi connectivity index (χ2n) is 6.69. The number of nitrogens with zero attached hydrogens (tertiary/aromatic N) is 1. The van der Waals surface area contributed by atoms with Crippen LogP contribution in [0.4, 0.5) is 5.69 Å². The van der Waals surface area contributed by atoms with E-state index in [2.05, 4.69) is 15.6 Å². The molecule has 0 unspecified atom stereocenters. The number of hydrogen-bond acceptors (Lipinski definition) is 7. The predicted octanol–water partition coefficient (Wildman–Crippen LogP) is 4.52. The Morgan fingerprint density at radius 1 is 1.06 bits per heavy atom. The zero-order valence-corrected chi connectivity index (χ0v) is 17.5. The van der Waals surface area contributed by atoms with Crippen molar-refractivity contribution in [2.75, 3.05) is 12.1 Å². The van der Waals surface area contributed by atoms with E-state index in [1.54, 1.807) is 36.4 Å². The Kier molecular flexibility index (Phi) is 4.89. The Morgan fingerprint density at radius 3 is 2.77 bits per heavy atom. The third kappa shape index (κ3) is 3.88.